The summed E-state index contributed by atoms with van der Waals surface area (Å²) < 4.78 is 5.62. The lowest BCUT2D eigenvalue weighted by Crippen LogP contribution is -2.58. The number of urea groups is 1. The van der Waals surface area contributed by atoms with E-state index in [9.17, 15) is 19.8 Å². The predicted octanol–water partition coefficient (Wildman–Crippen LogP) is 9.30. The van der Waals surface area contributed by atoms with Crippen LogP contribution in [0.2, 0.25) is 0 Å². The highest BCUT2D eigenvalue weighted by atomic mass is 16.3. The van der Waals surface area contributed by atoms with E-state index in [1.54, 1.807) is 12.1 Å². The number of ketones is 1. The summed E-state index contributed by atoms with van der Waals surface area (Å²) in [5.74, 6) is 2.25. The van der Waals surface area contributed by atoms with E-state index in [-0.39, 0.29) is 35.5 Å². The van der Waals surface area contributed by atoms with Gasteiger partial charge in [-0.05, 0) is 161 Å². The summed E-state index contributed by atoms with van der Waals surface area (Å²) in [6.45, 7) is 5.25. The first kappa shape index (κ1) is 35.4. The molecule has 5 saturated carbocycles. The summed E-state index contributed by atoms with van der Waals surface area (Å²) in [7, 11) is 0. The van der Waals surface area contributed by atoms with Crippen LogP contribution in [0, 0.1) is 28.6 Å². The van der Waals surface area contributed by atoms with Crippen LogP contribution in [0.15, 0.2) is 83.0 Å². The summed E-state index contributed by atoms with van der Waals surface area (Å²) in [5, 5.41) is 27.4. The molecule has 2 aromatic carbocycles. The second-order valence-electron chi connectivity index (χ2n) is 17.8. The van der Waals surface area contributed by atoms with E-state index >= 15 is 0 Å². The number of carbonyl (C=O) groups is 2. The number of hydrogen-bond donors (Lipinski definition) is 3. The van der Waals surface area contributed by atoms with Crippen LogP contribution >= 0.6 is 0 Å². The Morgan fingerprint density at radius 1 is 0.923 bits per heavy atom. The Morgan fingerprint density at radius 3 is 2.35 bits per heavy atom. The van der Waals surface area contributed by atoms with Gasteiger partial charge in [-0.15, -0.1) is 0 Å². The molecule has 3 N–H and O–H groups in total. The van der Waals surface area contributed by atoms with Crippen LogP contribution in [0.5, 0.6) is 0 Å². The summed E-state index contributed by atoms with van der Waals surface area (Å²) in [6, 6.07) is 19.0. The highest BCUT2D eigenvalue weighted by molar-refractivity contribution is 6.08. The van der Waals surface area contributed by atoms with E-state index in [0.717, 1.165) is 47.4 Å². The van der Waals surface area contributed by atoms with E-state index in [4.69, 9.17) is 4.42 Å². The maximum Gasteiger partial charge on any atom is 0.321 e. The molecule has 52 heavy (non-hydrogen) atoms. The third-order valence-electron chi connectivity index (χ3n) is 14.1. The molecule has 0 spiro atoms. The van der Waals surface area contributed by atoms with Gasteiger partial charge in [0.15, 0.2) is 5.76 Å². The molecule has 0 saturated heterocycles. The lowest BCUT2D eigenvalue weighted by atomic mass is 9.49. The first-order chi connectivity index (χ1) is 25.0. The van der Waals surface area contributed by atoms with Gasteiger partial charge < -0.3 is 24.8 Å². The topological polar surface area (TPSA) is 103 Å². The van der Waals surface area contributed by atoms with Crippen molar-refractivity contribution in [2.45, 2.75) is 115 Å². The van der Waals surface area contributed by atoms with Crippen LogP contribution in [0.1, 0.15) is 124 Å². The van der Waals surface area contributed by atoms with Gasteiger partial charge in [0.1, 0.15) is 0 Å². The molecular formula is C45H56N2O5. The van der Waals surface area contributed by atoms with Gasteiger partial charge in [-0.2, -0.15) is 0 Å². The maximum absolute atomic E-state index is 14.5. The van der Waals surface area contributed by atoms with Gasteiger partial charge in [0.25, 0.3) is 0 Å². The largest absolute Gasteiger partial charge is 0.461 e. The van der Waals surface area contributed by atoms with Gasteiger partial charge in [-0.1, -0.05) is 48.9 Å². The number of amides is 2. The first-order valence-corrected chi connectivity index (χ1v) is 19.9. The van der Waals surface area contributed by atoms with E-state index in [1.165, 1.54) is 50.4 Å². The second kappa shape index (κ2) is 13.9. The molecule has 4 atom stereocenters. The van der Waals surface area contributed by atoms with Gasteiger partial charge >= 0.3 is 6.03 Å². The van der Waals surface area contributed by atoms with Crippen molar-refractivity contribution in [1.82, 2.24) is 4.90 Å². The Balaban J connectivity index is 1.17. The molecule has 7 aliphatic carbocycles. The van der Waals surface area contributed by atoms with Gasteiger partial charge in [0.05, 0.1) is 24.5 Å². The molecule has 10 rings (SSSR count). The number of fused-ring (bicyclic) bond motifs is 8. The molecule has 7 aliphatic rings. The third kappa shape index (κ3) is 6.80. The zero-order valence-corrected chi connectivity index (χ0v) is 31.0. The number of carbonyl (C=O) groups excluding carboxylic acids is 2. The van der Waals surface area contributed by atoms with Crippen molar-refractivity contribution in [2.75, 3.05) is 18.4 Å². The number of anilines is 1. The molecule has 0 radical (unpaired) electrons. The summed E-state index contributed by atoms with van der Waals surface area (Å²) in [6.07, 6.45) is 15.4. The molecule has 276 valence electrons. The number of aliphatic hydroxyl groups excluding tert-OH is 1. The zero-order chi connectivity index (χ0) is 36.1. The molecule has 7 nitrogen and oxygen atoms in total. The van der Waals surface area contributed by atoms with Crippen LogP contribution in [0.25, 0.3) is 0 Å². The van der Waals surface area contributed by atoms with Crippen molar-refractivity contribution in [3.8, 4) is 0 Å². The van der Waals surface area contributed by atoms with Crippen LogP contribution in [0.4, 0.5) is 10.5 Å². The minimum atomic E-state index is -1.19. The number of rotatable bonds is 7. The monoisotopic (exact) mass is 704 g/mol. The van der Waals surface area contributed by atoms with E-state index in [1.807, 2.05) is 41.3 Å². The normalized spacial score (nSPS) is 34.0. The van der Waals surface area contributed by atoms with Crippen LogP contribution in [0.3, 0.4) is 0 Å². The molecule has 0 aliphatic heterocycles. The average Bonchev–Trinajstić information content (AvgIpc) is 3.73. The van der Waals surface area contributed by atoms with Gasteiger partial charge in [0.2, 0.25) is 5.78 Å². The average molecular weight is 705 g/mol. The molecule has 2 amide bonds. The quantitative estimate of drug-likeness (QED) is 0.168. The molecule has 3 aromatic rings. The Bertz CT molecular complexity index is 1760. The predicted molar refractivity (Wildman–Crippen MR) is 203 cm³/mol. The van der Waals surface area contributed by atoms with Crippen LogP contribution in [-0.4, -0.2) is 51.7 Å². The fourth-order valence-electron chi connectivity index (χ4n) is 11.9. The Morgan fingerprint density at radius 2 is 1.65 bits per heavy atom. The standard InChI is InChI=1S/C45H56N2O5/c1-30-8-6-17-43(2)39(37-15-13-31(23-36(48)14-12-30)24-38(37)41(49)40-11-7-19-52-40)16-18-45(43,51)29-47(42(50)46-35-9-4-3-5-10-35)28-44-25-32-20-33(26-44)22-34(21-32)27-44/h3-5,7-11,13,15,19,24,32-34,36,39,48,51H,6,12,14,16-18,20-23,25-29H2,1-2H3,(H,46,50). The van der Waals surface area contributed by atoms with E-state index < -0.39 is 17.1 Å². The van der Waals surface area contributed by atoms with Crippen molar-refractivity contribution in [2.24, 2.45) is 28.6 Å². The lowest BCUT2D eigenvalue weighted by Gasteiger charge is -2.58. The molecular weight excluding hydrogens is 649 g/mol. The van der Waals surface area contributed by atoms with Crippen LogP contribution in [-0.2, 0) is 6.42 Å². The van der Waals surface area contributed by atoms with Crippen molar-refractivity contribution in [3.05, 3.63) is 101 Å². The zero-order valence-electron chi connectivity index (χ0n) is 31.0. The number of furan rings is 1. The van der Waals surface area contributed by atoms with Crippen LogP contribution < -0.4 is 5.32 Å². The Labute approximate surface area is 308 Å². The number of aliphatic hydroxyl groups is 2. The molecule has 4 unspecified atom stereocenters. The SMILES string of the molecule is CC1=CCCC2(C)C(CCC2(O)CN(CC23CC4CC(CC(C4)C2)C3)C(=O)Nc2ccccc2)c2ccc(cc2C(=O)c2ccco2)CC(O)CC1. The fraction of sp³-hybridized carbons (Fsp3) is 0.556. The lowest BCUT2D eigenvalue weighted by molar-refractivity contribution is -0.0975. The van der Waals surface area contributed by atoms with E-state index in [0.29, 0.717) is 44.2 Å². The van der Waals surface area contributed by atoms with Crippen molar-refractivity contribution in [3.63, 3.8) is 0 Å². The molecule has 1 heterocycles. The summed E-state index contributed by atoms with van der Waals surface area (Å²) in [5.41, 5.74) is 2.69. The number of para-hydroxylation sites is 1. The van der Waals surface area contributed by atoms with Gasteiger partial charge in [-0.3, -0.25) is 4.79 Å². The summed E-state index contributed by atoms with van der Waals surface area (Å²) in [4.78, 5) is 30.6. The van der Waals surface area contributed by atoms with Crippen molar-refractivity contribution < 1.29 is 24.2 Å². The number of benzene rings is 2. The van der Waals surface area contributed by atoms with Crippen molar-refractivity contribution in [1.29, 1.82) is 0 Å². The number of nitrogens with zero attached hydrogens (tertiary/aromatic N) is 1. The fourth-order valence-corrected chi connectivity index (χ4v) is 11.9. The Hall–Kier alpha value is -3.68. The van der Waals surface area contributed by atoms with Gasteiger partial charge in [0, 0.05) is 23.2 Å². The molecule has 5 fully saturated rings. The minimum absolute atomic E-state index is 0.101. The highest BCUT2D eigenvalue weighted by Crippen LogP contribution is 2.62. The molecule has 6 bridgehead atoms. The number of allylic oxidation sites excluding steroid dienone is 2. The number of hydrogen-bond acceptors (Lipinski definition) is 5. The third-order valence-corrected chi connectivity index (χ3v) is 14.1. The molecule has 7 heteroatoms. The second-order valence-corrected chi connectivity index (χ2v) is 17.8. The first-order valence-electron chi connectivity index (χ1n) is 19.9. The van der Waals surface area contributed by atoms with E-state index in [2.05, 4.69) is 37.4 Å². The maximum atomic E-state index is 14.5. The highest BCUT2D eigenvalue weighted by Gasteiger charge is 2.59. The summed E-state index contributed by atoms with van der Waals surface area (Å²) >= 11 is 0. The van der Waals surface area contributed by atoms with Crippen molar-refractivity contribution >= 4 is 17.5 Å². The van der Waals surface area contributed by atoms with Gasteiger partial charge in [-0.25, -0.2) is 4.79 Å². The number of nitrogens with one attached hydrogen (secondary N) is 1. The smallest absolute Gasteiger partial charge is 0.321 e. The molecule has 1 aromatic heterocycles. The Kier molecular flexibility index (Phi) is 9.48. The minimum Gasteiger partial charge on any atom is -0.461 e.